The Hall–Kier alpha value is -3.01. The molecule has 7 heteroatoms. The van der Waals surface area contributed by atoms with E-state index in [0.717, 1.165) is 0 Å². The smallest absolute Gasteiger partial charge is 0.360 e. The third-order valence-corrected chi connectivity index (χ3v) is 2.69. The van der Waals surface area contributed by atoms with Crippen LogP contribution >= 0.6 is 0 Å². The molecule has 0 amide bonds. The summed E-state index contributed by atoms with van der Waals surface area (Å²) in [4.78, 5) is 11.5. The lowest BCUT2D eigenvalue weighted by molar-refractivity contribution is 0.0594. The van der Waals surface area contributed by atoms with Gasteiger partial charge in [-0.05, 0) is 12.1 Å². The van der Waals surface area contributed by atoms with Crippen molar-refractivity contribution in [2.24, 2.45) is 0 Å². The van der Waals surface area contributed by atoms with Crippen molar-refractivity contribution in [2.75, 3.05) is 20.0 Å². The molecule has 0 atom stereocenters. The van der Waals surface area contributed by atoms with Crippen molar-refractivity contribution >= 4 is 11.7 Å². The maximum absolute atomic E-state index is 11.5. The molecule has 0 aliphatic rings. The summed E-state index contributed by atoms with van der Waals surface area (Å²) in [5.41, 5.74) is 6.73. The van der Waals surface area contributed by atoms with Gasteiger partial charge in [0.2, 0.25) is 0 Å². The molecule has 0 aliphatic carbocycles. The SMILES string of the molecule is COC(=O)c1nn(-c2cc(OC)ccc2C#N)cc1N. The number of anilines is 1. The summed E-state index contributed by atoms with van der Waals surface area (Å²) in [5, 5.41) is 13.2. The first kappa shape index (κ1) is 13.4. The fourth-order valence-corrected chi connectivity index (χ4v) is 1.69. The van der Waals surface area contributed by atoms with E-state index in [1.165, 1.54) is 25.1 Å². The van der Waals surface area contributed by atoms with Gasteiger partial charge in [0.25, 0.3) is 0 Å². The summed E-state index contributed by atoms with van der Waals surface area (Å²) in [6.45, 7) is 0. The summed E-state index contributed by atoms with van der Waals surface area (Å²) in [5.74, 6) is -0.0738. The maximum atomic E-state index is 11.5. The van der Waals surface area contributed by atoms with Crippen LogP contribution in [0.2, 0.25) is 0 Å². The van der Waals surface area contributed by atoms with Crippen molar-refractivity contribution in [1.82, 2.24) is 9.78 Å². The van der Waals surface area contributed by atoms with Crippen molar-refractivity contribution in [3.8, 4) is 17.5 Å². The Morgan fingerprint density at radius 1 is 1.45 bits per heavy atom. The second kappa shape index (κ2) is 5.32. The minimum atomic E-state index is -0.636. The number of aromatic nitrogens is 2. The highest BCUT2D eigenvalue weighted by atomic mass is 16.5. The fourth-order valence-electron chi connectivity index (χ4n) is 1.69. The lowest BCUT2D eigenvalue weighted by atomic mass is 10.2. The van der Waals surface area contributed by atoms with Crippen LogP contribution in [0.5, 0.6) is 5.75 Å². The summed E-state index contributed by atoms with van der Waals surface area (Å²) < 4.78 is 11.0. The number of ether oxygens (including phenoxy) is 2. The van der Waals surface area contributed by atoms with Gasteiger partial charge in [-0.15, -0.1) is 0 Å². The summed E-state index contributed by atoms with van der Waals surface area (Å²) in [6, 6.07) is 6.94. The molecule has 0 bridgehead atoms. The lowest BCUT2D eigenvalue weighted by Crippen LogP contribution is -2.06. The molecular formula is C13H12N4O3. The monoisotopic (exact) mass is 272 g/mol. The molecule has 2 rings (SSSR count). The first-order chi connectivity index (χ1) is 9.60. The number of carbonyl (C=O) groups excluding carboxylic acids is 1. The molecule has 2 aromatic rings. The molecule has 102 valence electrons. The summed E-state index contributed by atoms with van der Waals surface area (Å²) >= 11 is 0. The number of methoxy groups -OCH3 is 2. The van der Waals surface area contributed by atoms with Crippen LogP contribution < -0.4 is 10.5 Å². The van der Waals surface area contributed by atoms with E-state index in [0.29, 0.717) is 17.0 Å². The minimum absolute atomic E-state index is 0.000732. The van der Waals surface area contributed by atoms with Crippen LogP contribution in [0.15, 0.2) is 24.4 Å². The van der Waals surface area contributed by atoms with Crippen LogP contribution in [-0.2, 0) is 4.74 Å². The minimum Gasteiger partial charge on any atom is -0.497 e. The van der Waals surface area contributed by atoms with E-state index in [1.54, 1.807) is 18.2 Å². The van der Waals surface area contributed by atoms with Gasteiger partial charge in [0.05, 0.1) is 37.4 Å². The molecule has 1 aromatic carbocycles. The van der Waals surface area contributed by atoms with E-state index >= 15 is 0 Å². The lowest BCUT2D eigenvalue weighted by Gasteiger charge is -2.06. The molecule has 7 nitrogen and oxygen atoms in total. The zero-order valence-electron chi connectivity index (χ0n) is 11.0. The second-order valence-electron chi connectivity index (χ2n) is 3.86. The van der Waals surface area contributed by atoms with Gasteiger partial charge in [0, 0.05) is 6.07 Å². The number of rotatable bonds is 3. The first-order valence-electron chi connectivity index (χ1n) is 5.62. The van der Waals surface area contributed by atoms with Crippen molar-refractivity contribution in [3.05, 3.63) is 35.7 Å². The Morgan fingerprint density at radius 2 is 2.20 bits per heavy atom. The number of carbonyl (C=O) groups is 1. The van der Waals surface area contributed by atoms with Crippen LogP contribution in [0, 0.1) is 11.3 Å². The quantitative estimate of drug-likeness (QED) is 0.840. The van der Waals surface area contributed by atoms with E-state index in [1.807, 2.05) is 6.07 Å². The Labute approximate surface area is 115 Å². The molecule has 20 heavy (non-hydrogen) atoms. The van der Waals surface area contributed by atoms with Crippen LogP contribution in [0.3, 0.4) is 0 Å². The Bertz CT molecular complexity index is 700. The number of benzene rings is 1. The predicted molar refractivity (Wildman–Crippen MR) is 70.6 cm³/mol. The molecule has 0 radical (unpaired) electrons. The van der Waals surface area contributed by atoms with Crippen LogP contribution in [0.1, 0.15) is 16.1 Å². The molecule has 0 saturated heterocycles. The molecule has 2 N–H and O–H groups in total. The zero-order valence-corrected chi connectivity index (χ0v) is 11.0. The van der Waals surface area contributed by atoms with E-state index in [9.17, 15) is 4.79 Å². The number of nitrogen functional groups attached to an aromatic ring is 1. The highest BCUT2D eigenvalue weighted by Crippen LogP contribution is 2.22. The average Bonchev–Trinajstić information content (AvgIpc) is 2.87. The van der Waals surface area contributed by atoms with Crippen LogP contribution in [0.4, 0.5) is 5.69 Å². The van der Waals surface area contributed by atoms with Gasteiger partial charge in [-0.25, -0.2) is 9.48 Å². The predicted octanol–water partition coefficient (Wildman–Crippen LogP) is 1.12. The highest BCUT2D eigenvalue weighted by molar-refractivity contribution is 5.92. The Morgan fingerprint density at radius 3 is 2.80 bits per heavy atom. The molecular weight excluding hydrogens is 260 g/mol. The van der Waals surface area contributed by atoms with Gasteiger partial charge in [0.1, 0.15) is 11.8 Å². The number of nitrogens with zero attached hydrogens (tertiary/aromatic N) is 3. The van der Waals surface area contributed by atoms with Crippen molar-refractivity contribution < 1.29 is 14.3 Å². The van der Waals surface area contributed by atoms with E-state index in [-0.39, 0.29) is 11.4 Å². The number of hydrogen-bond acceptors (Lipinski definition) is 6. The molecule has 0 unspecified atom stereocenters. The molecule has 0 fully saturated rings. The second-order valence-corrected chi connectivity index (χ2v) is 3.86. The van der Waals surface area contributed by atoms with E-state index in [4.69, 9.17) is 15.7 Å². The summed E-state index contributed by atoms with van der Waals surface area (Å²) in [7, 11) is 2.76. The van der Waals surface area contributed by atoms with Crippen molar-refractivity contribution in [2.45, 2.75) is 0 Å². The summed E-state index contributed by atoms with van der Waals surface area (Å²) in [6.07, 6.45) is 1.45. The first-order valence-corrected chi connectivity index (χ1v) is 5.62. The topological polar surface area (TPSA) is 103 Å². The average molecular weight is 272 g/mol. The van der Waals surface area contributed by atoms with Crippen LogP contribution in [-0.4, -0.2) is 30.0 Å². The maximum Gasteiger partial charge on any atom is 0.360 e. The fraction of sp³-hybridized carbons (Fsp3) is 0.154. The van der Waals surface area contributed by atoms with Gasteiger partial charge in [-0.1, -0.05) is 0 Å². The number of nitrogens with two attached hydrogens (primary N) is 1. The molecule has 0 saturated carbocycles. The molecule has 0 aliphatic heterocycles. The highest BCUT2D eigenvalue weighted by Gasteiger charge is 2.17. The standard InChI is InChI=1S/C13H12N4O3/c1-19-9-4-3-8(6-14)11(5-9)17-7-10(15)12(16-17)13(18)20-2/h3-5,7H,15H2,1-2H3. The molecule has 0 spiro atoms. The molecule has 1 heterocycles. The van der Waals surface area contributed by atoms with E-state index in [2.05, 4.69) is 9.84 Å². The van der Waals surface area contributed by atoms with Gasteiger partial charge >= 0.3 is 5.97 Å². The van der Waals surface area contributed by atoms with Gasteiger partial charge in [-0.3, -0.25) is 0 Å². The molecule has 1 aromatic heterocycles. The van der Waals surface area contributed by atoms with Crippen molar-refractivity contribution in [3.63, 3.8) is 0 Å². The number of nitriles is 1. The van der Waals surface area contributed by atoms with Gasteiger partial charge in [0.15, 0.2) is 5.69 Å². The van der Waals surface area contributed by atoms with Crippen LogP contribution in [0.25, 0.3) is 5.69 Å². The van der Waals surface area contributed by atoms with Gasteiger partial charge in [-0.2, -0.15) is 10.4 Å². The van der Waals surface area contributed by atoms with E-state index < -0.39 is 5.97 Å². The zero-order chi connectivity index (χ0) is 14.7. The number of esters is 1. The normalized spacial score (nSPS) is 9.85. The van der Waals surface area contributed by atoms with Crippen molar-refractivity contribution in [1.29, 1.82) is 5.26 Å². The third-order valence-electron chi connectivity index (χ3n) is 2.69. The van der Waals surface area contributed by atoms with Gasteiger partial charge < -0.3 is 15.2 Å². The number of hydrogen-bond donors (Lipinski definition) is 1. The Balaban J connectivity index is 2.57. The third kappa shape index (κ3) is 2.27. The Kier molecular flexibility index (Phi) is 3.57. The largest absolute Gasteiger partial charge is 0.497 e.